The number of phenols is 1. The number of hydrogen-bond acceptors (Lipinski definition) is 2. The molecule has 3 heteroatoms. The monoisotopic (exact) mass is 327 g/mol. The lowest BCUT2D eigenvalue weighted by molar-refractivity contribution is 0.179. The Kier molecular flexibility index (Phi) is 6.87. The van der Waals surface area contributed by atoms with E-state index in [1.165, 1.54) is 43.5 Å². The lowest BCUT2D eigenvalue weighted by Crippen LogP contribution is -2.40. The minimum absolute atomic E-state index is 0. The van der Waals surface area contributed by atoms with Crippen molar-refractivity contribution >= 4 is 17.0 Å². The molecular formula is C16H26BrNO. The van der Waals surface area contributed by atoms with Gasteiger partial charge in [-0.05, 0) is 62.4 Å². The summed E-state index contributed by atoms with van der Waals surface area (Å²) < 4.78 is 0. The van der Waals surface area contributed by atoms with Crippen LogP contribution in [-0.2, 0) is 12.8 Å². The Hall–Kier alpha value is -0.540. The Balaban J connectivity index is 0.00000180. The first-order chi connectivity index (χ1) is 8.76. The molecular weight excluding hydrogens is 302 g/mol. The highest BCUT2D eigenvalue weighted by molar-refractivity contribution is 8.93. The van der Waals surface area contributed by atoms with E-state index in [1.54, 1.807) is 0 Å². The van der Waals surface area contributed by atoms with Crippen LogP contribution in [-0.4, -0.2) is 29.1 Å². The Morgan fingerprint density at radius 2 is 1.89 bits per heavy atom. The normalized spacial score (nSPS) is 17.9. The van der Waals surface area contributed by atoms with Crippen LogP contribution in [0.25, 0.3) is 0 Å². The van der Waals surface area contributed by atoms with Crippen LogP contribution in [0.15, 0.2) is 18.2 Å². The highest BCUT2D eigenvalue weighted by atomic mass is 79.9. The van der Waals surface area contributed by atoms with Crippen LogP contribution in [0.2, 0.25) is 0 Å². The van der Waals surface area contributed by atoms with Crippen LogP contribution in [0.4, 0.5) is 0 Å². The van der Waals surface area contributed by atoms with Gasteiger partial charge in [0, 0.05) is 6.04 Å². The molecule has 0 amide bonds. The minimum Gasteiger partial charge on any atom is -0.508 e. The average molecular weight is 328 g/mol. The molecule has 0 radical (unpaired) electrons. The molecule has 1 unspecified atom stereocenters. The largest absolute Gasteiger partial charge is 0.508 e. The number of aromatic hydroxyl groups is 1. The fraction of sp³-hybridized carbons (Fsp3) is 0.625. The summed E-state index contributed by atoms with van der Waals surface area (Å²) in [7, 11) is 0. The summed E-state index contributed by atoms with van der Waals surface area (Å²) in [5, 5.41) is 9.87. The van der Waals surface area contributed by atoms with E-state index in [2.05, 4.69) is 24.8 Å². The Labute approximate surface area is 127 Å². The molecule has 2 nitrogen and oxygen atoms in total. The van der Waals surface area contributed by atoms with Crippen molar-refractivity contribution in [2.24, 2.45) is 0 Å². The molecule has 1 aromatic rings. The maximum absolute atomic E-state index is 9.87. The highest BCUT2D eigenvalue weighted by Gasteiger charge is 2.24. The summed E-state index contributed by atoms with van der Waals surface area (Å²) >= 11 is 0. The van der Waals surface area contributed by atoms with Gasteiger partial charge in [0.2, 0.25) is 0 Å². The third kappa shape index (κ3) is 3.96. The van der Waals surface area contributed by atoms with Crippen LogP contribution >= 0.6 is 17.0 Å². The number of halogens is 1. The zero-order valence-electron chi connectivity index (χ0n) is 12.1. The molecule has 0 spiro atoms. The van der Waals surface area contributed by atoms with Gasteiger partial charge < -0.3 is 10.0 Å². The molecule has 1 N–H and O–H groups in total. The molecule has 2 rings (SSSR count). The Bertz CT molecular complexity index is 388. The molecule has 0 saturated heterocycles. The van der Waals surface area contributed by atoms with Crippen molar-refractivity contribution < 1.29 is 5.11 Å². The van der Waals surface area contributed by atoms with E-state index in [0.717, 1.165) is 12.8 Å². The third-order valence-corrected chi connectivity index (χ3v) is 3.97. The minimum atomic E-state index is 0. The summed E-state index contributed by atoms with van der Waals surface area (Å²) in [6.45, 7) is 6.91. The number of fused-ring (bicyclic) bond motifs is 1. The van der Waals surface area contributed by atoms with Gasteiger partial charge in [-0.1, -0.05) is 26.0 Å². The quantitative estimate of drug-likeness (QED) is 0.885. The number of rotatable bonds is 5. The van der Waals surface area contributed by atoms with Gasteiger partial charge in [-0.3, -0.25) is 0 Å². The maximum atomic E-state index is 9.87. The number of phenolic OH excluding ortho intramolecular Hbond substituents is 1. The Morgan fingerprint density at radius 1 is 1.21 bits per heavy atom. The summed E-state index contributed by atoms with van der Waals surface area (Å²) in [6, 6.07) is 6.63. The first-order valence-corrected chi connectivity index (χ1v) is 7.30. The molecule has 108 valence electrons. The molecule has 0 saturated carbocycles. The lowest BCUT2D eigenvalue weighted by Gasteiger charge is -2.35. The zero-order valence-corrected chi connectivity index (χ0v) is 13.8. The van der Waals surface area contributed by atoms with Crippen molar-refractivity contribution in [2.45, 2.75) is 52.0 Å². The summed E-state index contributed by atoms with van der Waals surface area (Å²) in [6.07, 6.45) is 5.76. The summed E-state index contributed by atoms with van der Waals surface area (Å²) in [5.74, 6) is 0.489. The van der Waals surface area contributed by atoms with Gasteiger partial charge in [0.05, 0.1) is 0 Å². The standard InChI is InChI=1S/C16H25NO.BrH/c1-3-10-17(11-4-2)14-8-9-15-13(12-14)6-5-7-16(15)18;/h5-7,14,18H,3-4,8-12H2,1-2H3;1H. The van der Waals surface area contributed by atoms with Crippen LogP contribution in [0.1, 0.15) is 44.2 Å². The first-order valence-electron chi connectivity index (χ1n) is 7.30. The predicted molar refractivity (Wildman–Crippen MR) is 86.4 cm³/mol. The van der Waals surface area contributed by atoms with E-state index in [0.29, 0.717) is 11.8 Å². The maximum Gasteiger partial charge on any atom is 0.119 e. The molecule has 0 aliphatic heterocycles. The van der Waals surface area contributed by atoms with E-state index in [9.17, 15) is 5.11 Å². The van der Waals surface area contributed by atoms with Gasteiger partial charge in [-0.15, -0.1) is 17.0 Å². The summed E-state index contributed by atoms with van der Waals surface area (Å²) in [5.41, 5.74) is 2.53. The van der Waals surface area contributed by atoms with Crippen molar-refractivity contribution in [3.05, 3.63) is 29.3 Å². The molecule has 0 aromatic heterocycles. The van der Waals surface area contributed by atoms with E-state index in [4.69, 9.17) is 0 Å². The lowest BCUT2D eigenvalue weighted by atomic mass is 9.86. The number of nitrogens with zero attached hydrogens (tertiary/aromatic N) is 1. The molecule has 0 fully saturated rings. The zero-order chi connectivity index (χ0) is 13.0. The fourth-order valence-corrected chi connectivity index (χ4v) is 3.13. The van der Waals surface area contributed by atoms with Gasteiger partial charge in [0.25, 0.3) is 0 Å². The Morgan fingerprint density at radius 3 is 2.53 bits per heavy atom. The van der Waals surface area contributed by atoms with Gasteiger partial charge in [-0.25, -0.2) is 0 Å². The fourth-order valence-electron chi connectivity index (χ4n) is 3.13. The summed E-state index contributed by atoms with van der Waals surface area (Å²) in [4.78, 5) is 2.63. The second-order valence-electron chi connectivity index (χ2n) is 5.35. The predicted octanol–water partition coefficient (Wildman–Crippen LogP) is 3.95. The molecule has 1 aromatic carbocycles. The SMILES string of the molecule is Br.CCCN(CCC)C1CCc2c(O)cccc2C1. The van der Waals surface area contributed by atoms with Crippen molar-refractivity contribution in [2.75, 3.05) is 13.1 Å². The molecule has 0 heterocycles. The number of hydrogen-bond donors (Lipinski definition) is 1. The first kappa shape index (κ1) is 16.5. The molecule has 19 heavy (non-hydrogen) atoms. The van der Waals surface area contributed by atoms with Crippen molar-refractivity contribution in [1.82, 2.24) is 4.90 Å². The second kappa shape index (κ2) is 7.91. The van der Waals surface area contributed by atoms with Gasteiger partial charge in [0.1, 0.15) is 5.75 Å². The second-order valence-corrected chi connectivity index (χ2v) is 5.35. The van der Waals surface area contributed by atoms with Gasteiger partial charge in [-0.2, -0.15) is 0 Å². The van der Waals surface area contributed by atoms with Crippen molar-refractivity contribution in [3.8, 4) is 5.75 Å². The number of benzene rings is 1. The van der Waals surface area contributed by atoms with Crippen LogP contribution in [0, 0.1) is 0 Å². The van der Waals surface area contributed by atoms with E-state index in [-0.39, 0.29) is 17.0 Å². The van der Waals surface area contributed by atoms with E-state index >= 15 is 0 Å². The molecule has 1 atom stereocenters. The van der Waals surface area contributed by atoms with E-state index in [1.807, 2.05) is 12.1 Å². The molecule has 1 aliphatic carbocycles. The topological polar surface area (TPSA) is 23.5 Å². The van der Waals surface area contributed by atoms with Crippen molar-refractivity contribution in [1.29, 1.82) is 0 Å². The van der Waals surface area contributed by atoms with Crippen LogP contribution in [0.3, 0.4) is 0 Å². The van der Waals surface area contributed by atoms with Crippen LogP contribution in [0.5, 0.6) is 5.75 Å². The smallest absolute Gasteiger partial charge is 0.119 e. The van der Waals surface area contributed by atoms with Gasteiger partial charge in [0.15, 0.2) is 0 Å². The molecule has 0 bridgehead atoms. The van der Waals surface area contributed by atoms with Crippen molar-refractivity contribution in [3.63, 3.8) is 0 Å². The average Bonchev–Trinajstić information content (AvgIpc) is 2.38. The van der Waals surface area contributed by atoms with E-state index < -0.39 is 0 Å². The highest BCUT2D eigenvalue weighted by Crippen LogP contribution is 2.30. The third-order valence-electron chi connectivity index (χ3n) is 3.97. The van der Waals surface area contributed by atoms with Gasteiger partial charge >= 0.3 is 0 Å². The van der Waals surface area contributed by atoms with Crippen LogP contribution < -0.4 is 0 Å². The molecule has 1 aliphatic rings.